The van der Waals surface area contributed by atoms with Gasteiger partial charge in [0.25, 0.3) is 0 Å². The van der Waals surface area contributed by atoms with Gasteiger partial charge in [0.1, 0.15) is 6.61 Å². The lowest BCUT2D eigenvalue weighted by Crippen LogP contribution is -2.26. The van der Waals surface area contributed by atoms with Crippen molar-refractivity contribution in [2.75, 3.05) is 19.8 Å². The van der Waals surface area contributed by atoms with Crippen molar-refractivity contribution in [3.05, 3.63) is 0 Å². The van der Waals surface area contributed by atoms with Crippen LogP contribution in [0.3, 0.4) is 0 Å². The molecule has 4 nitrogen and oxygen atoms in total. The number of hydrogen-bond acceptors (Lipinski definition) is 3. The van der Waals surface area contributed by atoms with Gasteiger partial charge in [0.2, 0.25) is 0 Å². The van der Waals surface area contributed by atoms with Gasteiger partial charge in [0.05, 0.1) is 6.61 Å². The summed E-state index contributed by atoms with van der Waals surface area (Å²) in [6, 6.07) is 0. The molecule has 0 rings (SSSR count). The molecular formula is C8H17NO3. The second kappa shape index (κ2) is 6.91. The standard InChI is InChI=1S/C8H17NO3/c1-7(2)3-4-9-8(11)12-6-5-10/h7,10H,3-6H2,1-2H3,(H,9,11). The third-order valence-corrected chi connectivity index (χ3v) is 1.32. The highest BCUT2D eigenvalue weighted by Crippen LogP contribution is 1.96. The molecule has 4 heteroatoms. The van der Waals surface area contributed by atoms with E-state index in [1.807, 2.05) is 0 Å². The maximum absolute atomic E-state index is 10.7. The molecule has 0 radical (unpaired) electrons. The van der Waals surface area contributed by atoms with E-state index in [2.05, 4.69) is 23.9 Å². The summed E-state index contributed by atoms with van der Waals surface area (Å²) in [7, 11) is 0. The molecule has 72 valence electrons. The summed E-state index contributed by atoms with van der Waals surface area (Å²) < 4.78 is 4.57. The van der Waals surface area contributed by atoms with Crippen LogP contribution in [0.2, 0.25) is 0 Å². The van der Waals surface area contributed by atoms with Crippen LogP contribution in [0.4, 0.5) is 4.79 Å². The van der Waals surface area contributed by atoms with Crippen molar-refractivity contribution in [3.8, 4) is 0 Å². The fourth-order valence-corrected chi connectivity index (χ4v) is 0.652. The van der Waals surface area contributed by atoms with Crippen molar-refractivity contribution in [1.29, 1.82) is 0 Å². The van der Waals surface area contributed by atoms with Crippen LogP contribution in [0.15, 0.2) is 0 Å². The summed E-state index contributed by atoms with van der Waals surface area (Å²) in [5.74, 6) is 0.572. The van der Waals surface area contributed by atoms with Crippen LogP contribution >= 0.6 is 0 Å². The fourth-order valence-electron chi connectivity index (χ4n) is 0.652. The largest absolute Gasteiger partial charge is 0.447 e. The Hall–Kier alpha value is -0.770. The topological polar surface area (TPSA) is 58.6 Å². The van der Waals surface area contributed by atoms with Crippen molar-refractivity contribution in [3.63, 3.8) is 0 Å². The van der Waals surface area contributed by atoms with Gasteiger partial charge in [-0.25, -0.2) is 4.79 Å². The van der Waals surface area contributed by atoms with Gasteiger partial charge in [0, 0.05) is 6.54 Å². The van der Waals surface area contributed by atoms with Crippen LogP contribution in [0, 0.1) is 5.92 Å². The molecule has 0 aromatic carbocycles. The molecule has 0 saturated heterocycles. The van der Waals surface area contributed by atoms with Crippen LogP contribution in [-0.2, 0) is 4.74 Å². The molecule has 12 heavy (non-hydrogen) atoms. The zero-order valence-electron chi connectivity index (χ0n) is 7.67. The van der Waals surface area contributed by atoms with Gasteiger partial charge < -0.3 is 15.2 Å². The van der Waals surface area contributed by atoms with Crippen molar-refractivity contribution < 1.29 is 14.6 Å². The molecule has 0 unspecified atom stereocenters. The maximum atomic E-state index is 10.7. The highest BCUT2D eigenvalue weighted by molar-refractivity contribution is 5.66. The molecule has 0 aliphatic rings. The van der Waals surface area contributed by atoms with Gasteiger partial charge in [0.15, 0.2) is 0 Å². The number of aliphatic hydroxyl groups is 1. The van der Waals surface area contributed by atoms with Crippen LogP contribution in [0.5, 0.6) is 0 Å². The molecule has 0 aromatic rings. The van der Waals surface area contributed by atoms with Gasteiger partial charge in [-0.05, 0) is 12.3 Å². The van der Waals surface area contributed by atoms with E-state index in [0.29, 0.717) is 12.5 Å². The Morgan fingerprint density at radius 2 is 2.25 bits per heavy atom. The second-order valence-electron chi connectivity index (χ2n) is 2.97. The predicted octanol–water partition coefficient (Wildman–Crippen LogP) is 0.751. The monoisotopic (exact) mass is 175 g/mol. The minimum atomic E-state index is -0.454. The van der Waals surface area contributed by atoms with Gasteiger partial charge in [-0.2, -0.15) is 0 Å². The quantitative estimate of drug-likeness (QED) is 0.648. The first-order chi connectivity index (χ1) is 5.66. The number of amides is 1. The summed E-state index contributed by atoms with van der Waals surface area (Å²) in [5, 5.41) is 10.9. The van der Waals surface area contributed by atoms with Gasteiger partial charge in [-0.1, -0.05) is 13.8 Å². The second-order valence-corrected chi connectivity index (χ2v) is 2.97. The third kappa shape index (κ3) is 7.34. The van der Waals surface area contributed by atoms with E-state index in [4.69, 9.17) is 5.11 Å². The van der Waals surface area contributed by atoms with E-state index in [-0.39, 0.29) is 13.2 Å². The van der Waals surface area contributed by atoms with E-state index < -0.39 is 6.09 Å². The Morgan fingerprint density at radius 1 is 1.58 bits per heavy atom. The third-order valence-electron chi connectivity index (χ3n) is 1.32. The molecule has 0 aliphatic carbocycles. The molecular weight excluding hydrogens is 158 g/mol. The summed E-state index contributed by atoms with van der Waals surface area (Å²) in [6.07, 6.45) is 0.485. The number of aliphatic hydroxyl groups excluding tert-OH is 1. The SMILES string of the molecule is CC(C)CCNC(=O)OCCO. The average molecular weight is 175 g/mol. The van der Waals surface area contributed by atoms with Crippen LogP contribution in [0.25, 0.3) is 0 Å². The summed E-state index contributed by atoms with van der Waals surface area (Å²) in [4.78, 5) is 10.7. The first-order valence-corrected chi connectivity index (χ1v) is 4.18. The van der Waals surface area contributed by atoms with E-state index in [9.17, 15) is 4.79 Å². The smallest absolute Gasteiger partial charge is 0.407 e. The molecule has 0 spiro atoms. The average Bonchev–Trinajstić information content (AvgIpc) is 2.00. The fraction of sp³-hybridized carbons (Fsp3) is 0.875. The number of alkyl carbamates (subject to hydrolysis) is 1. The van der Waals surface area contributed by atoms with Gasteiger partial charge >= 0.3 is 6.09 Å². The Labute approximate surface area is 72.9 Å². The van der Waals surface area contributed by atoms with Crippen molar-refractivity contribution >= 4 is 6.09 Å². The van der Waals surface area contributed by atoms with E-state index in [1.165, 1.54) is 0 Å². The molecule has 0 atom stereocenters. The minimum absolute atomic E-state index is 0.0630. The lowest BCUT2D eigenvalue weighted by Gasteiger charge is -2.06. The summed E-state index contributed by atoms with van der Waals surface area (Å²) >= 11 is 0. The summed E-state index contributed by atoms with van der Waals surface area (Å²) in [5.41, 5.74) is 0. The molecule has 2 N–H and O–H groups in total. The molecule has 1 amide bonds. The number of carbonyl (C=O) groups is 1. The first kappa shape index (κ1) is 11.2. The number of nitrogens with one attached hydrogen (secondary N) is 1. The highest BCUT2D eigenvalue weighted by atomic mass is 16.6. The Kier molecular flexibility index (Phi) is 6.47. The molecule has 0 aliphatic heterocycles. The van der Waals surface area contributed by atoms with Crippen LogP contribution in [0.1, 0.15) is 20.3 Å². The predicted molar refractivity (Wildman–Crippen MR) is 45.9 cm³/mol. The van der Waals surface area contributed by atoms with E-state index in [1.54, 1.807) is 0 Å². The molecule has 0 fully saturated rings. The van der Waals surface area contributed by atoms with Crippen LogP contribution in [-0.4, -0.2) is 31.0 Å². The van der Waals surface area contributed by atoms with Crippen molar-refractivity contribution in [2.24, 2.45) is 5.92 Å². The maximum Gasteiger partial charge on any atom is 0.407 e. The summed E-state index contributed by atoms with van der Waals surface area (Å²) in [6.45, 7) is 4.73. The lowest BCUT2D eigenvalue weighted by atomic mass is 10.1. The first-order valence-electron chi connectivity index (χ1n) is 4.18. The molecule has 0 aromatic heterocycles. The van der Waals surface area contributed by atoms with E-state index in [0.717, 1.165) is 6.42 Å². The Bertz CT molecular complexity index is 125. The number of ether oxygens (including phenoxy) is 1. The Morgan fingerprint density at radius 3 is 2.75 bits per heavy atom. The highest BCUT2D eigenvalue weighted by Gasteiger charge is 2.00. The molecule has 0 saturated carbocycles. The van der Waals surface area contributed by atoms with Gasteiger partial charge in [-0.3, -0.25) is 0 Å². The number of rotatable bonds is 5. The molecule has 0 heterocycles. The lowest BCUT2D eigenvalue weighted by molar-refractivity contribution is 0.119. The Balaban J connectivity index is 3.20. The normalized spacial score (nSPS) is 10.0. The van der Waals surface area contributed by atoms with E-state index >= 15 is 0 Å². The number of carbonyl (C=O) groups excluding carboxylic acids is 1. The van der Waals surface area contributed by atoms with Gasteiger partial charge in [-0.15, -0.1) is 0 Å². The number of hydrogen-bond donors (Lipinski definition) is 2. The van der Waals surface area contributed by atoms with Crippen LogP contribution < -0.4 is 5.32 Å². The minimum Gasteiger partial charge on any atom is -0.447 e. The zero-order chi connectivity index (χ0) is 9.40. The van der Waals surface area contributed by atoms with Crippen molar-refractivity contribution in [2.45, 2.75) is 20.3 Å². The zero-order valence-corrected chi connectivity index (χ0v) is 7.67. The molecule has 0 bridgehead atoms. The van der Waals surface area contributed by atoms with Crippen molar-refractivity contribution in [1.82, 2.24) is 5.32 Å².